The van der Waals surface area contributed by atoms with Gasteiger partial charge in [-0.15, -0.1) is 11.3 Å². The third-order valence-electron chi connectivity index (χ3n) is 8.54. The van der Waals surface area contributed by atoms with Crippen LogP contribution in [0.25, 0.3) is 5.57 Å². The molecule has 2 aromatic heterocycles. The van der Waals surface area contributed by atoms with E-state index in [1.54, 1.807) is 22.3 Å². The summed E-state index contributed by atoms with van der Waals surface area (Å²) in [5, 5.41) is 5.22. The van der Waals surface area contributed by atoms with Crippen LogP contribution in [-0.2, 0) is 22.4 Å². The van der Waals surface area contributed by atoms with Crippen molar-refractivity contribution >= 4 is 28.8 Å². The molecule has 10 heteroatoms. The smallest absolute Gasteiger partial charge is 0.410 e. The van der Waals surface area contributed by atoms with Crippen LogP contribution in [0.3, 0.4) is 0 Å². The molecule has 0 saturated carbocycles. The molecular formula is C31H40F2N4O3S. The zero-order valence-electron chi connectivity index (χ0n) is 24.4. The third kappa shape index (κ3) is 5.69. The second kappa shape index (κ2) is 11.2. The van der Waals surface area contributed by atoms with E-state index in [1.165, 1.54) is 0 Å². The van der Waals surface area contributed by atoms with Gasteiger partial charge in [0.25, 0.3) is 6.43 Å². The summed E-state index contributed by atoms with van der Waals surface area (Å²) < 4.78 is 42.6. The second-order valence-corrected chi connectivity index (χ2v) is 13.9. The molecule has 0 aromatic carbocycles. The molecule has 0 bridgehead atoms. The van der Waals surface area contributed by atoms with Gasteiger partial charge in [-0.2, -0.15) is 5.10 Å². The lowest BCUT2D eigenvalue weighted by atomic mass is 9.80. The van der Waals surface area contributed by atoms with E-state index >= 15 is 0 Å². The normalized spacial score (nSPS) is 23.7. The highest BCUT2D eigenvalue weighted by Crippen LogP contribution is 2.44. The molecule has 2 atom stereocenters. The number of aryl methyl sites for hydroxylation is 1. The first-order valence-corrected chi connectivity index (χ1v) is 15.6. The molecule has 6 rings (SSSR count). The van der Waals surface area contributed by atoms with Crippen molar-refractivity contribution in [1.82, 2.24) is 14.7 Å². The number of halogens is 2. The summed E-state index contributed by atoms with van der Waals surface area (Å²) >= 11 is 1.57. The number of thiophene rings is 1. The minimum Gasteiger partial charge on any atom is -0.444 e. The molecule has 2 fully saturated rings. The fraction of sp³-hybridized carbons (Fsp3) is 0.613. The fourth-order valence-corrected chi connectivity index (χ4v) is 7.56. The highest BCUT2D eigenvalue weighted by atomic mass is 32.1. The van der Waals surface area contributed by atoms with E-state index in [4.69, 9.17) is 14.6 Å². The Kier molecular flexibility index (Phi) is 7.74. The van der Waals surface area contributed by atoms with Crippen LogP contribution in [0.1, 0.15) is 73.5 Å². The van der Waals surface area contributed by atoms with E-state index in [0.29, 0.717) is 38.3 Å². The van der Waals surface area contributed by atoms with E-state index in [-0.39, 0.29) is 29.7 Å². The minimum absolute atomic E-state index is 0.105. The number of rotatable bonds is 4. The highest BCUT2D eigenvalue weighted by molar-refractivity contribution is 7.13. The van der Waals surface area contributed by atoms with Gasteiger partial charge >= 0.3 is 6.09 Å². The molecule has 0 N–H and O–H groups in total. The molecule has 3 aliphatic heterocycles. The number of piperidine rings is 1. The summed E-state index contributed by atoms with van der Waals surface area (Å²) in [6, 6.07) is 3.97. The van der Waals surface area contributed by atoms with Gasteiger partial charge in [-0.25, -0.2) is 13.6 Å². The number of nitrogens with zero attached hydrogens (tertiary/aromatic N) is 4. The summed E-state index contributed by atoms with van der Waals surface area (Å²) in [5.41, 5.74) is 2.36. The average Bonchev–Trinajstić information content (AvgIpc) is 3.55. The van der Waals surface area contributed by atoms with Crippen molar-refractivity contribution in [3.05, 3.63) is 50.9 Å². The first-order chi connectivity index (χ1) is 19.6. The lowest BCUT2D eigenvalue weighted by molar-refractivity contribution is 0.0220. The zero-order valence-corrected chi connectivity index (χ0v) is 25.2. The molecule has 7 nitrogen and oxygen atoms in total. The Morgan fingerprint density at radius 1 is 1.15 bits per heavy atom. The van der Waals surface area contributed by atoms with E-state index in [2.05, 4.69) is 15.7 Å². The molecule has 1 aliphatic carbocycles. The maximum atomic E-state index is 14.5. The van der Waals surface area contributed by atoms with Crippen LogP contribution < -0.4 is 4.90 Å². The van der Waals surface area contributed by atoms with Gasteiger partial charge < -0.3 is 19.3 Å². The van der Waals surface area contributed by atoms with Crippen molar-refractivity contribution in [2.24, 2.45) is 5.92 Å². The summed E-state index contributed by atoms with van der Waals surface area (Å²) in [6.07, 6.45) is 5.32. The first kappa shape index (κ1) is 28.4. The lowest BCUT2D eigenvalue weighted by Gasteiger charge is -2.42. The number of carbonyl (C=O) groups is 1. The number of alkyl halides is 2. The van der Waals surface area contributed by atoms with Crippen LogP contribution in [0.15, 0.2) is 29.9 Å². The molecule has 2 aromatic rings. The molecule has 2 saturated heterocycles. The Hall–Kier alpha value is -2.72. The molecule has 5 heterocycles. The molecule has 222 valence electrons. The quantitative estimate of drug-likeness (QED) is 0.396. The zero-order chi connectivity index (χ0) is 28.9. The number of anilines is 1. The fourth-order valence-electron chi connectivity index (χ4n) is 6.64. The summed E-state index contributed by atoms with van der Waals surface area (Å²) in [4.78, 5) is 19.1. The number of hydrogen-bond donors (Lipinski definition) is 0. The predicted molar refractivity (Wildman–Crippen MR) is 157 cm³/mol. The van der Waals surface area contributed by atoms with Gasteiger partial charge in [0.2, 0.25) is 0 Å². The Balaban J connectivity index is 1.38. The lowest BCUT2D eigenvalue weighted by Crippen LogP contribution is -2.46. The maximum Gasteiger partial charge on any atom is 0.410 e. The van der Waals surface area contributed by atoms with Crippen LogP contribution in [0.2, 0.25) is 0 Å². The number of aromatic nitrogens is 2. The minimum atomic E-state index is -2.57. The number of carbonyl (C=O) groups excluding carboxylic acids is 1. The van der Waals surface area contributed by atoms with Gasteiger partial charge in [-0.1, -0.05) is 12.2 Å². The van der Waals surface area contributed by atoms with Crippen LogP contribution >= 0.6 is 11.3 Å². The summed E-state index contributed by atoms with van der Waals surface area (Å²) in [6.45, 7) is 10.7. The van der Waals surface area contributed by atoms with E-state index < -0.39 is 12.0 Å². The van der Waals surface area contributed by atoms with Gasteiger partial charge in [0.05, 0.1) is 18.6 Å². The average molecular weight is 587 g/mol. The van der Waals surface area contributed by atoms with E-state index in [1.807, 2.05) is 39.8 Å². The van der Waals surface area contributed by atoms with Crippen molar-refractivity contribution in [1.29, 1.82) is 0 Å². The Labute approximate surface area is 244 Å². The monoisotopic (exact) mass is 586 g/mol. The topological polar surface area (TPSA) is 59.8 Å². The molecule has 2 unspecified atom stereocenters. The number of amides is 1. The van der Waals surface area contributed by atoms with Gasteiger partial charge in [-0.3, -0.25) is 4.68 Å². The standard InChI is InChI=1S/C31H40F2N4O3S/c1-19-7-8-27(41-19)22-16-20-6-5-12-36(26(20)17-23(22)28(32)33)29-24-18-35(30(38)40-31(2,3)4)13-9-25(24)37(34-29)21-10-14-39-15-11-21/h7-8,16-17,20-21,26,28H,5-6,9-15,18H2,1-4H3. The first-order valence-electron chi connectivity index (χ1n) is 14.8. The van der Waals surface area contributed by atoms with E-state index in [0.717, 1.165) is 59.1 Å². The third-order valence-corrected chi connectivity index (χ3v) is 9.58. The Morgan fingerprint density at radius 2 is 1.93 bits per heavy atom. The highest BCUT2D eigenvalue weighted by Gasteiger charge is 2.40. The van der Waals surface area contributed by atoms with Crippen LogP contribution in [0.5, 0.6) is 0 Å². The Morgan fingerprint density at radius 3 is 2.61 bits per heavy atom. The molecule has 0 radical (unpaired) electrons. The SMILES string of the molecule is Cc1ccc(C2=CC3CCCN(c4nn(C5CCOCC5)c5c4CN(C(=O)OC(C)(C)C)CC5)C3C=C2C(F)F)s1. The largest absolute Gasteiger partial charge is 0.444 e. The van der Waals surface area contributed by atoms with Crippen molar-refractivity contribution in [2.75, 3.05) is 31.2 Å². The predicted octanol–water partition coefficient (Wildman–Crippen LogP) is 6.77. The van der Waals surface area contributed by atoms with Crippen LogP contribution in [0.4, 0.5) is 19.4 Å². The van der Waals surface area contributed by atoms with Crippen molar-refractivity contribution < 1.29 is 23.0 Å². The molecular weight excluding hydrogens is 546 g/mol. The second-order valence-electron chi connectivity index (χ2n) is 12.6. The number of ether oxygens (including phenoxy) is 2. The Bertz CT molecular complexity index is 1350. The van der Waals surface area contributed by atoms with Gasteiger partial charge in [-0.05, 0) is 71.1 Å². The van der Waals surface area contributed by atoms with Crippen molar-refractivity contribution in [3.8, 4) is 0 Å². The van der Waals surface area contributed by atoms with Gasteiger partial charge in [0.1, 0.15) is 5.60 Å². The number of allylic oxidation sites excluding steroid dienone is 2. The molecule has 4 aliphatic rings. The van der Waals surface area contributed by atoms with Crippen molar-refractivity contribution in [2.45, 2.75) is 90.5 Å². The summed E-state index contributed by atoms with van der Waals surface area (Å²) in [5.74, 6) is 0.932. The van der Waals surface area contributed by atoms with Crippen LogP contribution in [-0.4, -0.2) is 65.1 Å². The van der Waals surface area contributed by atoms with Gasteiger partial charge in [0.15, 0.2) is 5.82 Å². The summed E-state index contributed by atoms with van der Waals surface area (Å²) in [7, 11) is 0. The molecule has 1 amide bonds. The number of fused-ring (bicyclic) bond motifs is 2. The number of hydrogen-bond acceptors (Lipinski definition) is 6. The van der Waals surface area contributed by atoms with Gasteiger partial charge in [0, 0.05) is 65.2 Å². The molecule has 41 heavy (non-hydrogen) atoms. The van der Waals surface area contributed by atoms with Crippen LogP contribution in [0, 0.1) is 12.8 Å². The molecule has 0 spiro atoms. The maximum absolute atomic E-state index is 14.5. The van der Waals surface area contributed by atoms with E-state index in [9.17, 15) is 13.6 Å². The van der Waals surface area contributed by atoms with Crippen molar-refractivity contribution in [3.63, 3.8) is 0 Å².